The average Bonchev–Trinajstić information content (AvgIpc) is 2.45. The average molecular weight is 311 g/mol. The van der Waals surface area contributed by atoms with Crippen LogP contribution in [0.4, 0.5) is 5.69 Å². The summed E-state index contributed by atoms with van der Waals surface area (Å²) < 4.78 is 0. The number of piperidine rings is 1. The van der Waals surface area contributed by atoms with Crippen molar-refractivity contribution in [2.24, 2.45) is 5.92 Å². The number of anilines is 1. The Morgan fingerprint density at radius 1 is 1.38 bits per heavy atom. The molecule has 2 rings (SSSR count). The zero-order valence-corrected chi connectivity index (χ0v) is 12.4. The maximum Gasteiger partial charge on any atom is 0.335 e. The molecule has 0 spiro atoms. The van der Waals surface area contributed by atoms with Gasteiger partial charge in [0.1, 0.15) is 0 Å². The first-order valence-electron chi connectivity index (χ1n) is 7.09. The van der Waals surface area contributed by atoms with Crippen molar-refractivity contribution in [3.63, 3.8) is 0 Å². The van der Waals surface area contributed by atoms with Crippen LogP contribution in [0.15, 0.2) is 18.2 Å². The van der Waals surface area contributed by atoms with E-state index >= 15 is 0 Å². The van der Waals surface area contributed by atoms with E-state index < -0.39 is 5.97 Å². The molecule has 6 heteroatoms. The lowest BCUT2D eigenvalue weighted by Gasteiger charge is -2.22. The predicted octanol–water partition coefficient (Wildman–Crippen LogP) is 2.76. The highest BCUT2D eigenvalue weighted by Crippen LogP contribution is 2.20. The van der Waals surface area contributed by atoms with Gasteiger partial charge in [-0.2, -0.15) is 0 Å². The van der Waals surface area contributed by atoms with Gasteiger partial charge >= 0.3 is 5.97 Å². The van der Waals surface area contributed by atoms with E-state index in [4.69, 9.17) is 16.7 Å². The van der Waals surface area contributed by atoms with Crippen LogP contribution >= 0.6 is 11.6 Å². The molecule has 1 aliphatic rings. The Morgan fingerprint density at radius 3 is 2.86 bits per heavy atom. The first kappa shape index (κ1) is 15.8. The van der Waals surface area contributed by atoms with Crippen molar-refractivity contribution in [1.82, 2.24) is 5.32 Å². The highest BCUT2D eigenvalue weighted by molar-refractivity contribution is 6.31. The second kappa shape index (κ2) is 7.43. The van der Waals surface area contributed by atoms with Crippen LogP contribution < -0.4 is 10.6 Å². The van der Waals surface area contributed by atoms with Gasteiger partial charge in [-0.3, -0.25) is 4.79 Å². The highest BCUT2D eigenvalue weighted by atomic mass is 35.5. The van der Waals surface area contributed by atoms with E-state index in [1.807, 2.05) is 0 Å². The van der Waals surface area contributed by atoms with E-state index in [0.717, 1.165) is 32.4 Å². The summed E-state index contributed by atoms with van der Waals surface area (Å²) in [6.07, 6.45) is 3.58. The van der Waals surface area contributed by atoms with Crippen LogP contribution in [-0.4, -0.2) is 30.1 Å². The minimum absolute atomic E-state index is 0.0641. The summed E-state index contributed by atoms with van der Waals surface area (Å²) in [5.41, 5.74) is 0.487. The lowest BCUT2D eigenvalue weighted by Crippen LogP contribution is -2.30. The van der Waals surface area contributed by atoms with Gasteiger partial charge in [-0.1, -0.05) is 11.6 Å². The molecule has 1 atom stereocenters. The molecular formula is C15H19ClN2O3. The fourth-order valence-corrected chi connectivity index (χ4v) is 2.75. The van der Waals surface area contributed by atoms with Crippen molar-refractivity contribution in [2.75, 3.05) is 18.4 Å². The molecule has 1 aromatic rings. The molecule has 3 N–H and O–H groups in total. The Morgan fingerprint density at radius 2 is 2.19 bits per heavy atom. The summed E-state index contributed by atoms with van der Waals surface area (Å²) in [6, 6.07) is 4.32. The topological polar surface area (TPSA) is 78.4 Å². The molecule has 114 valence electrons. The van der Waals surface area contributed by atoms with E-state index in [2.05, 4.69) is 10.6 Å². The molecule has 0 bridgehead atoms. The van der Waals surface area contributed by atoms with Crippen molar-refractivity contribution in [3.05, 3.63) is 28.8 Å². The van der Waals surface area contributed by atoms with Crippen LogP contribution in [0.5, 0.6) is 0 Å². The number of rotatable bonds is 5. The second-order valence-corrected chi connectivity index (χ2v) is 5.77. The van der Waals surface area contributed by atoms with Crippen molar-refractivity contribution < 1.29 is 14.7 Å². The van der Waals surface area contributed by atoms with Gasteiger partial charge in [-0.05, 0) is 56.5 Å². The van der Waals surface area contributed by atoms with Gasteiger partial charge in [0, 0.05) is 17.1 Å². The van der Waals surface area contributed by atoms with E-state index in [1.165, 1.54) is 12.1 Å². The summed E-state index contributed by atoms with van der Waals surface area (Å²) >= 11 is 5.85. The zero-order valence-electron chi connectivity index (χ0n) is 11.7. The van der Waals surface area contributed by atoms with Gasteiger partial charge < -0.3 is 15.7 Å². The normalized spacial score (nSPS) is 18.2. The molecular weight excluding hydrogens is 292 g/mol. The zero-order chi connectivity index (χ0) is 15.2. The van der Waals surface area contributed by atoms with Gasteiger partial charge in [0.25, 0.3) is 0 Å². The molecule has 0 saturated carbocycles. The van der Waals surface area contributed by atoms with Crippen LogP contribution in [-0.2, 0) is 4.79 Å². The van der Waals surface area contributed by atoms with Gasteiger partial charge in [0.15, 0.2) is 0 Å². The first-order valence-corrected chi connectivity index (χ1v) is 7.47. The summed E-state index contributed by atoms with van der Waals surface area (Å²) in [5, 5.41) is 15.3. The third-order valence-electron chi connectivity index (χ3n) is 3.61. The molecule has 1 amide bonds. The number of benzene rings is 1. The lowest BCUT2D eigenvalue weighted by atomic mass is 9.94. The fraction of sp³-hybridized carbons (Fsp3) is 0.467. The quantitative estimate of drug-likeness (QED) is 0.781. The number of nitrogens with one attached hydrogen (secondary N) is 2. The second-order valence-electron chi connectivity index (χ2n) is 5.33. The highest BCUT2D eigenvalue weighted by Gasteiger charge is 2.15. The van der Waals surface area contributed by atoms with E-state index in [0.29, 0.717) is 23.0 Å². The number of aromatic carboxylic acids is 1. The Balaban J connectivity index is 1.88. The summed E-state index contributed by atoms with van der Waals surface area (Å²) in [6.45, 7) is 2.02. The molecule has 0 radical (unpaired) electrons. The summed E-state index contributed by atoms with van der Waals surface area (Å²) in [7, 11) is 0. The molecule has 0 aliphatic carbocycles. The molecule has 1 fully saturated rings. The monoisotopic (exact) mass is 310 g/mol. The molecule has 1 saturated heterocycles. The maximum absolute atomic E-state index is 11.9. The third-order valence-corrected chi connectivity index (χ3v) is 3.83. The summed E-state index contributed by atoms with van der Waals surface area (Å²) in [4.78, 5) is 22.9. The minimum atomic E-state index is -1.07. The number of hydrogen-bond acceptors (Lipinski definition) is 3. The van der Waals surface area contributed by atoms with Crippen molar-refractivity contribution in [3.8, 4) is 0 Å². The smallest absolute Gasteiger partial charge is 0.335 e. The molecule has 0 aromatic heterocycles. The Hall–Kier alpha value is -1.59. The number of halogens is 1. The number of hydrogen-bond donors (Lipinski definition) is 3. The largest absolute Gasteiger partial charge is 0.478 e. The molecule has 21 heavy (non-hydrogen) atoms. The van der Waals surface area contributed by atoms with E-state index in [9.17, 15) is 9.59 Å². The van der Waals surface area contributed by atoms with Crippen molar-refractivity contribution >= 4 is 29.2 Å². The van der Waals surface area contributed by atoms with E-state index in [-0.39, 0.29) is 11.5 Å². The van der Waals surface area contributed by atoms with Crippen LogP contribution in [0.3, 0.4) is 0 Å². The van der Waals surface area contributed by atoms with E-state index in [1.54, 1.807) is 6.07 Å². The number of carbonyl (C=O) groups is 2. The molecule has 1 aromatic carbocycles. The first-order chi connectivity index (χ1) is 10.0. The molecule has 1 aliphatic heterocycles. The fourth-order valence-electron chi connectivity index (χ4n) is 2.51. The standard InChI is InChI=1S/C15H19ClN2O3/c16-12-6-11(15(20)21)7-13(8-12)18-14(19)4-3-10-2-1-5-17-9-10/h6-8,10,17H,1-5,9H2,(H,18,19)(H,20,21). The Bertz CT molecular complexity index is 528. The lowest BCUT2D eigenvalue weighted by molar-refractivity contribution is -0.116. The van der Waals surface area contributed by atoms with Crippen LogP contribution in [0.1, 0.15) is 36.0 Å². The van der Waals surface area contributed by atoms with Gasteiger partial charge in [0.05, 0.1) is 5.56 Å². The number of carboxylic acids is 1. The maximum atomic E-state index is 11.9. The number of carboxylic acid groups (broad SMARTS) is 1. The number of carbonyl (C=O) groups excluding carboxylic acids is 1. The minimum Gasteiger partial charge on any atom is -0.478 e. The number of amides is 1. The molecule has 1 heterocycles. The molecule has 5 nitrogen and oxygen atoms in total. The SMILES string of the molecule is O=C(CCC1CCCNC1)Nc1cc(Cl)cc(C(=O)O)c1. The summed E-state index contributed by atoms with van der Waals surface area (Å²) in [5.74, 6) is -0.640. The van der Waals surface area contributed by atoms with Gasteiger partial charge in [-0.25, -0.2) is 4.79 Å². The molecule has 1 unspecified atom stereocenters. The Kier molecular flexibility index (Phi) is 5.59. The van der Waals surface area contributed by atoms with Crippen molar-refractivity contribution in [1.29, 1.82) is 0 Å². The van der Waals surface area contributed by atoms with Crippen LogP contribution in [0, 0.1) is 5.92 Å². The van der Waals surface area contributed by atoms with Crippen LogP contribution in [0.25, 0.3) is 0 Å². The third kappa shape index (κ3) is 5.02. The van der Waals surface area contributed by atoms with Gasteiger partial charge in [-0.15, -0.1) is 0 Å². The predicted molar refractivity (Wildman–Crippen MR) is 81.9 cm³/mol. The Labute approximate surface area is 128 Å². The van der Waals surface area contributed by atoms with Gasteiger partial charge in [0.2, 0.25) is 5.91 Å². The van der Waals surface area contributed by atoms with Crippen molar-refractivity contribution in [2.45, 2.75) is 25.7 Å². The van der Waals surface area contributed by atoms with Crippen LogP contribution in [0.2, 0.25) is 5.02 Å².